The number of nitrogens with one attached hydrogen (secondary N) is 2. The lowest BCUT2D eigenvalue weighted by Gasteiger charge is -2.15. The number of anilines is 3. The smallest absolute Gasteiger partial charge is 0.370 e. The summed E-state index contributed by atoms with van der Waals surface area (Å²) < 4.78 is 39.2. The fraction of sp³-hybridized carbons (Fsp3) is 0.412. The summed E-state index contributed by atoms with van der Waals surface area (Å²) in [7, 11) is 0. The number of benzene rings is 1. The predicted molar refractivity (Wildman–Crippen MR) is 89.5 cm³/mol. The summed E-state index contributed by atoms with van der Waals surface area (Å²) in [4.78, 5) is 8.43. The topological polar surface area (TPSA) is 49.8 Å². The van der Waals surface area contributed by atoms with Crippen LogP contribution < -0.4 is 10.6 Å². The number of nitrogens with zero attached hydrogens (tertiary/aromatic N) is 2. The first kappa shape index (κ1) is 18.0. The van der Waals surface area contributed by atoms with E-state index in [1.165, 1.54) is 12.1 Å². The fourth-order valence-electron chi connectivity index (χ4n) is 2.29. The van der Waals surface area contributed by atoms with E-state index < -0.39 is 11.7 Å². The molecule has 2 aromatic rings. The largest absolute Gasteiger partial charge is 0.418 e. The van der Waals surface area contributed by atoms with Gasteiger partial charge in [0.25, 0.3) is 0 Å². The third-order valence-corrected chi connectivity index (χ3v) is 3.42. The highest BCUT2D eigenvalue weighted by molar-refractivity contribution is 5.63. The molecular weight excluding hydrogens is 317 g/mol. The van der Waals surface area contributed by atoms with E-state index in [2.05, 4.69) is 27.5 Å². The van der Waals surface area contributed by atoms with Crippen molar-refractivity contribution in [3.63, 3.8) is 0 Å². The Morgan fingerprint density at radius 2 is 1.75 bits per heavy atom. The highest BCUT2D eigenvalue weighted by Gasteiger charge is 2.33. The van der Waals surface area contributed by atoms with Crippen LogP contribution in [0.15, 0.2) is 30.3 Å². The van der Waals surface area contributed by atoms with E-state index in [0.717, 1.165) is 31.9 Å². The van der Waals surface area contributed by atoms with Gasteiger partial charge in [0.1, 0.15) is 17.5 Å². The third-order valence-electron chi connectivity index (χ3n) is 3.42. The maximum Gasteiger partial charge on any atom is 0.418 e. The Kier molecular flexibility index (Phi) is 6.00. The molecule has 0 saturated carbocycles. The molecule has 2 rings (SSSR count). The lowest BCUT2D eigenvalue weighted by atomic mass is 10.1. The molecule has 4 nitrogen and oxygen atoms in total. The van der Waals surface area contributed by atoms with E-state index in [0.29, 0.717) is 17.5 Å². The molecule has 130 valence electrons. The number of aryl methyl sites for hydroxylation is 1. The Hall–Kier alpha value is -2.31. The Bertz CT molecular complexity index is 671. The van der Waals surface area contributed by atoms with Gasteiger partial charge in [-0.2, -0.15) is 13.2 Å². The number of hydrogen-bond donors (Lipinski definition) is 2. The summed E-state index contributed by atoms with van der Waals surface area (Å²) in [6, 6.07) is 6.95. The molecule has 0 atom stereocenters. The first-order valence-electron chi connectivity index (χ1n) is 7.93. The van der Waals surface area contributed by atoms with Gasteiger partial charge in [-0.15, -0.1) is 0 Å². The number of hydrogen-bond acceptors (Lipinski definition) is 4. The van der Waals surface area contributed by atoms with Crippen molar-refractivity contribution in [2.75, 3.05) is 17.2 Å². The molecule has 1 aromatic carbocycles. The number of halogens is 3. The fourth-order valence-corrected chi connectivity index (χ4v) is 2.29. The maximum atomic E-state index is 13.1. The molecule has 0 bridgehead atoms. The summed E-state index contributed by atoms with van der Waals surface area (Å²) in [6.45, 7) is 4.59. The molecule has 0 saturated heterocycles. The zero-order valence-electron chi connectivity index (χ0n) is 13.7. The van der Waals surface area contributed by atoms with Crippen molar-refractivity contribution >= 4 is 17.3 Å². The van der Waals surface area contributed by atoms with E-state index in [-0.39, 0.29) is 5.69 Å². The molecule has 1 heterocycles. The molecule has 1 aromatic heterocycles. The van der Waals surface area contributed by atoms with Gasteiger partial charge in [0, 0.05) is 12.6 Å². The van der Waals surface area contributed by atoms with Crippen LogP contribution in [0.1, 0.15) is 37.6 Å². The van der Waals surface area contributed by atoms with E-state index in [1.807, 2.05) is 0 Å². The van der Waals surface area contributed by atoms with Crippen LogP contribution in [0.25, 0.3) is 0 Å². The zero-order chi connectivity index (χ0) is 17.6. The normalized spacial score (nSPS) is 11.4. The van der Waals surface area contributed by atoms with Crippen molar-refractivity contribution in [3.8, 4) is 0 Å². The van der Waals surface area contributed by atoms with Gasteiger partial charge in [0.05, 0.1) is 11.3 Å². The number of unbranched alkanes of at least 4 members (excludes halogenated alkanes) is 2. The van der Waals surface area contributed by atoms with E-state index in [1.54, 1.807) is 19.1 Å². The van der Waals surface area contributed by atoms with Crippen molar-refractivity contribution in [3.05, 3.63) is 41.7 Å². The molecule has 0 aliphatic rings. The predicted octanol–water partition coefficient (Wildman–Crippen LogP) is 5.15. The Labute approximate surface area is 139 Å². The Morgan fingerprint density at radius 1 is 1.04 bits per heavy atom. The van der Waals surface area contributed by atoms with Gasteiger partial charge >= 0.3 is 6.18 Å². The van der Waals surface area contributed by atoms with E-state index in [4.69, 9.17) is 0 Å². The van der Waals surface area contributed by atoms with Gasteiger partial charge in [0.15, 0.2) is 0 Å². The van der Waals surface area contributed by atoms with Crippen LogP contribution in [0.5, 0.6) is 0 Å². The highest BCUT2D eigenvalue weighted by atomic mass is 19.4. The van der Waals surface area contributed by atoms with Crippen LogP contribution in [-0.4, -0.2) is 16.5 Å². The average molecular weight is 338 g/mol. The molecule has 0 spiro atoms. The monoisotopic (exact) mass is 338 g/mol. The van der Waals surface area contributed by atoms with Crippen molar-refractivity contribution in [1.29, 1.82) is 0 Å². The first-order chi connectivity index (χ1) is 11.4. The summed E-state index contributed by atoms with van der Waals surface area (Å²) >= 11 is 0. The van der Waals surface area contributed by atoms with Gasteiger partial charge in [-0.25, -0.2) is 9.97 Å². The van der Waals surface area contributed by atoms with Crippen molar-refractivity contribution < 1.29 is 13.2 Å². The minimum absolute atomic E-state index is 0.0277. The molecule has 0 radical (unpaired) electrons. The molecule has 7 heteroatoms. The van der Waals surface area contributed by atoms with Crippen LogP contribution >= 0.6 is 0 Å². The number of para-hydroxylation sites is 1. The minimum Gasteiger partial charge on any atom is -0.370 e. The Morgan fingerprint density at radius 3 is 2.46 bits per heavy atom. The lowest BCUT2D eigenvalue weighted by molar-refractivity contribution is -0.136. The second-order valence-corrected chi connectivity index (χ2v) is 5.49. The molecule has 0 aliphatic carbocycles. The van der Waals surface area contributed by atoms with Gasteiger partial charge in [0.2, 0.25) is 0 Å². The second-order valence-electron chi connectivity index (χ2n) is 5.49. The van der Waals surface area contributed by atoms with Crippen molar-refractivity contribution in [1.82, 2.24) is 9.97 Å². The average Bonchev–Trinajstić information content (AvgIpc) is 2.50. The molecule has 0 aliphatic heterocycles. The van der Waals surface area contributed by atoms with Gasteiger partial charge in [-0.1, -0.05) is 31.9 Å². The number of aromatic nitrogens is 2. The van der Waals surface area contributed by atoms with Crippen LogP contribution in [0.4, 0.5) is 30.5 Å². The van der Waals surface area contributed by atoms with Crippen molar-refractivity contribution in [2.45, 2.75) is 39.3 Å². The first-order valence-corrected chi connectivity index (χ1v) is 7.93. The van der Waals surface area contributed by atoms with E-state index >= 15 is 0 Å². The van der Waals surface area contributed by atoms with Crippen molar-refractivity contribution in [2.24, 2.45) is 0 Å². The third kappa shape index (κ3) is 5.11. The minimum atomic E-state index is -4.42. The standard InChI is InChI=1S/C17H21F3N4/c1-3-4-7-10-21-15-11-16(23-12(2)22-15)24-14-9-6-5-8-13(14)17(18,19)20/h5-6,8-9,11H,3-4,7,10H2,1-2H3,(H2,21,22,23,24). The molecule has 0 amide bonds. The lowest BCUT2D eigenvalue weighted by Crippen LogP contribution is -2.10. The van der Waals surface area contributed by atoms with Crippen LogP contribution in [0, 0.1) is 6.92 Å². The SMILES string of the molecule is CCCCCNc1cc(Nc2ccccc2C(F)(F)F)nc(C)n1. The maximum absolute atomic E-state index is 13.1. The second kappa shape index (κ2) is 7.99. The van der Waals surface area contributed by atoms with E-state index in [9.17, 15) is 13.2 Å². The number of alkyl halides is 3. The Balaban J connectivity index is 2.17. The van der Waals surface area contributed by atoms with Gasteiger partial charge < -0.3 is 10.6 Å². The van der Waals surface area contributed by atoms with Gasteiger partial charge in [-0.05, 0) is 25.5 Å². The quantitative estimate of drug-likeness (QED) is 0.686. The highest BCUT2D eigenvalue weighted by Crippen LogP contribution is 2.35. The molecule has 24 heavy (non-hydrogen) atoms. The summed E-state index contributed by atoms with van der Waals surface area (Å²) in [5.74, 6) is 1.42. The van der Waals surface area contributed by atoms with Crippen LogP contribution in [0.3, 0.4) is 0 Å². The number of rotatable bonds is 7. The van der Waals surface area contributed by atoms with Gasteiger partial charge in [-0.3, -0.25) is 0 Å². The summed E-state index contributed by atoms with van der Waals surface area (Å²) in [5.41, 5.74) is -0.751. The summed E-state index contributed by atoms with van der Waals surface area (Å²) in [6.07, 6.45) is -1.18. The van der Waals surface area contributed by atoms with Crippen LogP contribution in [0.2, 0.25) is 0 Å². The van der Waals surface area contributed by atoms with Crippen LogP contribution in [-0.2, 0) is 6.18 Å². The molecule has 0 fully saturated rings. The molecule has 2 N–H and O–H groups in total. The molecular formula is C17H21F3N4. The zero-order valence-corrected chi connectivity index (χ0v) is 13.7. The summed E-state index contributed by atoms with van der Waals surface area (Å²) in [5, 5.41) is 5.93. The molecule has 0 unspecified atom stereocenters.